The van der Waals surface area contributed by atoms with Gasteiger partial charge in [0.2, 0.25) is 12.0 Å². The van der Waals surface area contributed by atoms with E-state index in [0.29, 0.717) is 5.69 Å². The zero-order valence-electron chi connectivity index (χ0n) is 12.8. The van der Waals surface area contributed by atoms with Gasteiger partial charge in [0.15, 0.2) is 0 Å². The molecule has 2 heterocycles. The molecular weight excluding hydrogens is 439 g/mol. The summed E-state index contributed by atoms with van der Waals surface area (Å²) in [5.74, 6) is -0.907. The Morgan fingerprint density at radius 2 is 1.96 bits per heavy atom. The second-order valence-electron chi connectivity index (χ2n) is 4.96. The highest BCUT2D eigenvalue weighted by molar-refractivity contribution is 9.11. The second-order valence-corrected chi connectivity index (χ2v) is 7.46. The molecule has 0 aliphatic carbocycles. The molecule has 1 aromatic heterocycles. The molecule has 1 aromatic carbocycles. The van der Waals surface area contributed by atoms with Gasteiger partial charge in [0.1, 0.15) is 5.75 Å². The van der Waals surface area contributed by atoms with Crippen LogP contribution in [0.5, 0.6) is 5.75 Å². The molecule has 1 amide bonds. The summed E-state index contributed by atoms with van der Waals surface area (Å²) in [4.78, 5) is 13.1. The largest absolute Gasteiger partial charge is 0.573 e. The Labute approximate surface area is 158 Å². The summed E-state index contributed by atoms with van der Waals surface area (Å²) < 4.78 is 46.7. The number of carbonyl (C=O) groups is 1. The molecule has 11 heteroatoms. The Hall–Kier alpha value is -2.24. The van der Waals surface area contributed by atoms with Crippen LogP contribution in [0.2, 0.25) is 0 Å². The number of benzene rings is 1. The fraction of sp³-hybridized carbons (Fsp3) is 0.133. The number of hydrogen-bond donors (Lipinski definition) is 3. The fourth-order valence-electron chi connectivity index (χ4n) is 2.02. The van der Waals surface area contributed by atoms with Gasteiger partial charge in [-0.2, -0.15) is 5.43 Å². The molecular formula is C15H11BrF3N3O3S. The first-order chi connectivity index (χ1) is 12.3. The zero-order valence-corrected chi connectivity index (χ0v) is 15.2. The first-order valence-electron chi connectivity index (χ1n) is 7.10. The summed E-state index contributed by atoms with van der Waals surface area (Å²) in [6, 6.07) is 8.49. The molecule has 2 aromatic rings. The molecule has 1 unspecified atom stereocenters. The molecule has 0 spiro atoms. The third kappa shape index (κ3) is 4.90. The molecule has 3 rings (SSSR count). The van der Waals surface area contributed by atoms with Crippen molar-refractivity contribution in [2.75, 3.05) is 5.32 Å². The number of thiophene rings is 1. The minimum Gasteiger partial charge on any atom is -0.461 e. The molecule has 138 valence electrons. The van der Waals surface area contributed by atoms with E-state index in [-0.39, 0.29) is 11.5 Å². The second kappa shape index (κ2) is 7.56. The number of alkyl halides is 3. The quantitative estimate of drug-likeness (QED) is 0.657. The van der Waals surface area contributed by atoms with Crippen LogP contribution in [0.25, 0.3) is 0 Å². The molecule has 1 atom stereocenters. The zero-order chi connectivity index (χ0) is 18.7. The van der Waals surface area contributed by atoms with Crippen molar-refractivity contribution in [3.8, 4) is 5.75 Å². The lowest BCUT2D eigenvalue weighted by atomic mass is 10.3. The summed E-state index contributed by atoms with van der Waals surface area (Å²) in [6.07, 6.45) is -3.98. The summed E-state index contributed by atoms with van der Waals surface area (Å²) in [5.41, 5.74) is 5.90. The maximum Gasteiger partial charge on any atom is 0.573 e. The van der Waals surface area contributed by atoms with Gasteiger partial charge in [0.05, 0.1) is 14.9 Å². The molecule has 1 aliphatic heterocycles. The number of hydrazine groups is 1. The SMILES string of the molecule is O=C(Nc1ccc(OC(F)(F)F)cc1)C1=CNNC(c2ccc(Br)s2)O1. The Balaban J connectivity index is 1.61. The van der Waals surface area contributed by atoms with Gasteiger partial charge in [-0.15, -0.1) is 24.5 Å². The summed E-state index contributed by atoms with van der Waals surface area (Å²) in [5, 5.41) is 2.54. The minimum atomic E-state index is -4.77. The van der Waals surface area contributed by atoms with Crippen molar-refractivity contribution in [2.24, 2.45) is 0 Å². The smallest absolute Gasteiger partial charge is 0.461 e. The number of ether oxygens (including phenoxy) is 2. The molecule has 0 saturated heterocycles. The lowest BCUT2D eigenvalue weighted by molar-refractivity contribution is -0.274. The first kappa shape index (κ1) is 18.5. The number of rotatable bonds is 4. The molecule has 1 aliphatic rings. The molecule has 0 bridgehead atoms. The van der Waals surface area contributed by atoms with E-state index in [9.17, 15) is 18.0 Å². The van der Waals surface area contributed by atoms with Crippen molar-refractivity contribution in [1.82, 2.24) is 10.9 Å². The Morgan fingerprint density at radius 3 is 2.58 bits per heavy atom. The third-order valence-corrected chi connectivity index (χ3v) is 4.75. The minimum absolute atomic E-state index is 0.0221. The van der Waals surface area contributed by atoms with Gasteiger partial charge in [0.25, 0.3) is 5.91 Å². The number of anilines is 1. The molecule has 0 fully saturated rings. The average Bonchev–Trinajstić information content (AvgIpc) is 3.02. The predicted molar refractivity (Wildman–Crippen MR) is 92.0 cm³/mol. The van der Waals surface area contributed by atoms with Gasteiger partial charge in [0, 0.05) is 5.69 Å². The van der Waals surface area contributed by atoms with E-state index in [4.69, 9.17) is 4.74 Å². The molecule has 0 radical (unpaired) electrons. The summed E-state index contributed by atoms with van der Waals surface area (Å²) in [6.45, 7) is 0. The topological polar surface area (TPSA) is 71.6 Å². The highest BCUT2D eigenvalue weighted by atomic mass is 79.9. The number of carbonyl (C=O) groups excluding carboxylic acids is 1. The van der Waals surface area contributed by atoms with E-state index < -0.39 is 18.5 Å². The fourth-order valence-corrected chi connectivity index (χ4v) is 3.43. The van der Waals surface area contributed by atoms with E-state index in [2.05, 4.69) is 36.8 Å². The third-order valence-electron chi connectivity index (χ3n) is 3.08. The van der Waals surface area contributed by atoms with Gasteiger partial charge in [-0.3, -0.25) is 4.79 Å². The van der Waals surface area contributed by atoms with E-state index in [0.717, 1.165) is 20.8 Å². The maximum atomic E-state index is 12.3. The van der Waals surface area contributed by atoms with Crippen molar-refractivity contribution in [3.05, 3.63) is 57.0 Å². The number of halogens is 4. The van der Waals surface area contributed by atoms with E-state index in [1.54, 1.807) is 0 Å². The summed E-state index contributed by atoms with van der Waals surface area (Å²) >= 11 is 4.79. The van der Waals surface area contributed by atoms with Gasteiger partial charge >= 0.3 is 6.36 Å². The van der Waals surface area contributed by atoms with Crippen LogP contribution >= 0.6 is 27.3 Å². The van der Waals surface area contributed by atoms with Crippen LogP contribution < -0.4 is 20.9 Å². The van der Waals surface area contributed by atoms with Gasteiger partial charge in [-0.1, -0.05) is 0 Å². The molecule has 26 heavy (non-hydrogen) atoms. The standard InChI is InChI=1S/C15H11BrF3N3O3S/c16-12-6-5-11(26-12)14-22-20-7-10(24-14)13(23)21-8-1-3-9(4-2-8)25-15(17,18)19/h1-7,14,20,22H,(H,21,23). The van der Waals surface area contributed by atoms with Crippen LogP contribution in [0.15, 0.2) is 52.1 Å². The van der Waals surface area contributed by atoms with Crippen molar-refractivity contribution in [3.63, 3.8) is 0 Å². The highest BCUT2D eigenvalue weighted by Crippen LogP contribution is 2.30. The lowest BCUT2D eigenvalue weighted by Crippen LogP contribution is -2.39. The van der Waals surface area contributed by atoms with Crippen LogP contribution in [0, 0.1) is 0 Å². The monoisotopic (exact) mass is 449 g/mol. The Kier molecular flexibility index (Phi) is 5.39. The number of hydrogen-bond acceptors (Lipinski definition) is 6. The Morgan fingerprint density at radius 1 is 1.23 bits per heavy atom. The lowest BCUT2D eigenvalue weighted by Gasteiger charge is -2.25. The highest BCUT2D eigenvalue weighted by Gasteiger charge is 2.31. The van der Waals surface area contributed by atoms with Crippen LogP contribution in [-0.2, 0) is 9.53 Å². The predicted octanol–water partition coefficient (Wildman–Crippen LogP) is 4.01. The van der Waals surface area contributed by atoms with Gasteiger partial charge in [-0.05, 0) is 52.3 Å². The number of nitrogens with one attached hydrogen (secondary N) is 3. The van der Waals surface area contributed by atoms with Crippen LogP contribution in [0.1, 0.15) is 11.1 Å². The first-order valence-corrected chi connectivity index (χ1v) is 8.71. The van der Waals surface area contributed by atoms with E-state index in [1.165, 1.54) is 29.7 Å². The van der Waals surface area contributed by atoms with Gasteiger partial charge < -0.3 is 20.2 Å². The van der Waals surface area contributed by atoms with Crippen molar-refractivity contribution >= 4 is 38.9 Å². The van der Waals surface area contributed by atoms with E-state index in [1.807, 2.05) is 12.1 Å². The van der Waals surface area contributed by atoms with Crippen molar-refractivity contribution in [1.29, 1.82) is 0 Å². The van der Waals surface area contributed by atoms with Gasteiger partial charge in [-0.25, -0.2) is 0 Å². The normalized spacial score (nSPS) is 16.9. The van der Waals surface area contributed by atoms with Crippen molar-refractivity contribution < 1.29 is 27.4 Å². The number of amides is 1. The average molecular weight is 450 g/mol. The van der Waals surface area contributed by atoms with Crippen LogP contribution in [0.4, 0.5) is 18.9 Å². The van der Waals surface area contributed by atoms with Crippen molar-refractivity contribution in [2.45, 2.75) is 12.6 Å². The van der Waals surface area contributed by atoms with E-state index >= 15 is 0 Å². The molecule has 3 N–H and O–H groups in total. The Bertz CT molecular complexity index is 824. The maximum absolute atomic E-state index is 12.3. The van der Waals surface area contributed by atoms with Crippen LogP contribution in [-0.4, -0.2) is 12.3 Å². The van der Waals surface area contributed by atoms with Crippen LogP contribution in [0.3, 0.4) is 0 Å². The summed E-state index contributed by atoms with van der Waals surface area (Å²) in [7, 11) is 0. The molecule has 0 saturated carbocycles. The molecule has 6 nitrogen and oxygen atoms in total.